The maximum atomic E-state index is 12.8. The quantitative estimate of drug-likeness (QED) is 0.697. The third kappa shape index (κ3) is 3.86. The normalized spacial score (nSPS) is 16.0. The fraction of sp³-hybridized carbons (Fsp3) is 0.286. The number of nitrogens with one attached hydrogen (secondary N) is 1. The largest absolute Gasteiger partial charge is 0.497 e. The number of rotatable bonds is 5. The van der Waals surface area contributed by atoms with E-state index in [-0.39, 0.29) is 18.2 Å². The SMILES string of the molecule is COc1ccc(N2CC(C(=O)Nc3cc(-n4nc(C)cc4C)ncn3)CC2=O)cc1. The number of benzene rings is 1. The number of amides is 2. The Bertz CT molecular complexity index is 1090. The van der Waals surface area contributed by atoms with Gasteiger partial charge in [-0.05, 0) is 44.2 Å². The third-order valence-corrected chi connectivity index (χ3v) is 5.01. The molecular weight excluding hydrogens is 384 g/mol. The van der Waals surface area contributed by atoms with Gasteiger partial charge in [0.1, 0.15) is 17.9 Å². The summed E-state index contributed by atoms with van der Waals surface area (Å²) >= 11 is 0. The smallest absolute Gasteiger partial charge is 0.230 e. The molecule has 1 aromatic carbocycles. The highest BCUT2D eigenvalue weighted by atomic mass is 16.5. The van der Waals surface area contributed by atoms with Gasteiger partial charge in [-0.2, -0.15) is 5.10 Å². The highest BCUT2D eigenvalue weighted by Gasteiger charge is 2.35. The summed E-state index contributed by atoms with van der Waals surface area (Å²) in [5.74, 6) is 0.832. The fourth-order valence-corrected chi connectivity index (χ4v) is 3.52. The van der Waals surface area contributed by atoms with Crippen molar-refractivity contribution in [2.75, 3.05) is 23.9 Å². The van der Waals surface area contributed by atoms with Crippen LogP contribution in [0.25, 0.3) is 5.82 Å². The zero-order valence-electron chi connectivity index (χ0n) is 17.0. The van der Waals surface area contributed by atoms with Crippen LogP contribution in [0, 0.1) is 19.8 Å². The van der Waals surface area contributed by atoms with Crippen molar-refractivity contribution < 1.29 is 14.3 Å². The predicted molar refractivity (Wildman–Crippen MR) is 111 cm³/mol. The van der Waals surface area contributed by atoms with Crippen molar-refractivity contribution >= 4 is 23.3 Å². The molecule has 2 amide bonds. The lowest BCUT2D eigenvalue weighted by Gasteiger charge is -2.17. The first kappa shape index (κ1) is 19.6. The number of carbonyl (C=O) groups excluding carboxylic acids is 2. The van der Waals surface area contributed by atoms with Crippen LogP contribution in [-0.4, -0.2) is 45.2 Å². The lowest BCUT2D eigenvalue weighted by atomic mass is 10.1. The molecule has 9 nitrogen and oxygen atoms in total. The molecule has 3 aromatic rings. The van der Waals surface area contributed by atoms with Crippen LogP contribution >= 0.6 is 0 Å². The number of aryl methyl sites for hydroxylation is 2. The molecule has 2 aromatic heterocycles. The van der Waals surface area contributed by atoms with E-state index < -0.39 is 5.92 Å². The number of ether oxygens (including phenoxy) is 1. The van der Waals surface area contributed by atoms with Crippen molar-refractivity contribution in [3.8, 4) is 11.6 Å². The molecule has 30 heavy (non-hydrogen) atoms. The Balaban J connectivity index is 1.46. The summed E-state index contributed by atoms with van der Waals surface area (Å²) in [6, 6.07) is 10.8. The van der Waals surface area contributed by atoms with Crippen LogP contribution in [0.2, 0.25) is 0 Å². The van der Waals surface area contributed by atoms with Gasteiger partial charge in [0.05, 0.1) is 18.7 Å². The molecule has 1 atom stereocenters. The van der Waals surface area contributed by atoms with Crippen molar-refractivity contribution in [2.24, 2.45) is 5.92 Å². The molecule has 1 saturated heterocycles. The van der Waals surface area contributed by atoms with Gasteiger partial charge >= 0.3 is 0 Å². The van der Waals surface area contributed by atoms with Crippen molar-refractivity contribution in [1.29, 1.82) is 0 Å². The number of carbonyl (C=O) groups is 2. The van der Waals surface area contributed by atoms with E-state index in [1.807, 2.05) is 32.0 Å². The maximum Gasteiger partial charge on any atom is 0.230 e. The second-order valence-corrected chi connectivity index (χ2v) is 7.19. The first-order valence-electron chi connectivity index (χ1n) is 9.55. The topological polar surface area (TPSA) is 102 Å². The Morgan fingerprint density at radius 1 is 1.17 bits per heavy atom. The molecule has 0 radical (unpaired) electrons. The lowest BCUT2D eigenvalue weighted by molar-refractivity contribution is -0.122. The molecule has 0 spiro atoms. The first-order chi connectivity index (χ1) is 14.4. The van der Waals surface area contributed by atoms with Crippen LogP contribution < -0.4 is 15.0 Å². The summed E-state index contributed by atoms with van der Waals surface area (Å²) in [5, 5.41) is 7.20. The van der Waals surface area contributed by atoms with E-state index in [0.29, 0.717) is 23.9 Å². The Morgan fingerprint density at radius 3 is 2.60 bits per heavy atom. The number of aromatic nitrogens is 4. The Labute approximate surface area is 173 Å². The van der Waals surface area contributed by atoms with E-state index in [9.17, 15) is 9.59 Å². The van der Waals surface area contributed by atoms with Crippen LogP contribution in [0.5, 0.6) is 5.75 Å². The minimum absolute atomic E-state index is 0.0914. The van der Waals surface area contributed by atoms with Crippen molar-refractivity contribution in [3.63, 3.8) is 0 Å². The Kier molecular flexibility index (Phi) is 5.18. The van der Waals surface area contributed by atoms with Gasteiger partial charge in [-0.25, -0.2) is 14.6 Å². The van der Waals surface area contributed by atoms with Crippen LogP contribution in [-0.2, 0) is 9.59 Å². The minimum atomic E-state index is -0.466. The number of anilines is 2. The Morgan fingerprint density at radius 2 is 1.93 bits per heavy atom. The van der Waals surface area contributed by atoms with Gasteiger partial charge in [0, 0.05) is 30.4 Å². The molecule has 0 aliphatic carbocycles. The lowest BCUT2D eigenvalue weighted by Crippen LogP contribution is -2.28. The van der Waals surface area contributed by atoms with Gasteiger partial charge < -0.3 is 15.0 Å². The van der Waals surface area contributed by atoms with E-state index in [1.165, 1.54) is 6.33 Å². The van der Waals surface area contributed by atoms with E-state index in [0.717, 1.165) is 17.1 Å². The number of hydrogen-bond acceptors (Lipinski definition) is 6. The average molecular weight is 406 g/mol. The molecule has 1 fully saturated rings. The van der Waals surface area contributed by atoms with Crippen LogP contribution in [0.3, 0.4) is 0 Å². The molecule has 3 heterocycles. The summed E-state index contributed by atoms with van der Waals surface area (Å²) in [6.07, 6.45) is 1.53. The monoisotopic (exact) mass is 406 g/mol. The summed E-state index contributed by atoms with van der Waals surface area (Å²) in [4.78, 5) is 35.2. The van der Waals surface area contributed by atoms with Crippen LogP contribution in [0.4, 0.5) is 11.5 Å². The standard InChI is InChI=1S/C21H22N6O3/c1-13-8-14(2)27(25-13)19-10-18(22-12-23-19)24-21(29)15-9-20(28)26(11-15)16-4-6-17(30-3)7-5-16/h4-8,10,12,15H,9,11H2,1-3H3,(H,22,23,24,29). The minimum Gasteiger partial charge on any atom is -0.497 e. The number of nitrogens with zero attached hydrogens (tertiary/aromatic N) is 5. The molecule has 1 aliphatic heterocycles. The van der Waals surface area contributed by atoms with E-state index in [4.69, 9.17) is 4.74 Å². The van der Waals surface area contributed by atoms with Gasteiger partial charge in [-0.15, -0.1) is 0 Å². The molecular formula is C21H22N6O3. The Hall–Kier alpha value is -3.75. The molecule has 9 heteroatoms. The van der Waals surface area contributed by atoms with Crippen LogP contribution in [0.1, 0.15) is 17.8 Å². The highest BCUT2D eigenvalue weighted by Crippen LogP contribution is 2.27. The van der Waals surface area contributed by atoms with Gasteiger partial charge in [0.2, 0.25) is 11.8 Å². The number of hydrogen-bond donors (Lipinski definition) is 1. The van der Waals surface area contributed by atoms with Gasteiger partial charge in [-0.3, -0.25) is 9.59 Å². The second-order valence-electron chi connectivity index (χ2n) is 7.19. The van der Waals surface area contributed by atoms with Gasteiger partial charge in [-0.1, -0.05) is 0 Å². The summed E-state index contributed by atoms with van der Waals surface area (Å²) in [5.41, 5.74) is 2.55. The number of methoxy groups -OCH3 is 1. The van der Waals surface area contributed by atoms with Crippen molar-refractivity contribution in [1.82, 2.24) is 19.7 Å². The predicted octanol–water partition coefficient (Wildman–Crippen LogP) is 2.28. The molecule has 154 valence electrons. The molecule has 0 saturated carbocycles. The van der Waals surface area contributed by atoms with E-state index in [2.05, 4.69) is 20.4 Å². The molecule has 1 N–H and O–H groups in total. The fourth-order valence-electron chi connectivity index (χ4n) is 3.52. The van der Waals surface area contributed by atoms with Crippen LogP contribution in [0.15, 0.2) is 42.7 Å². The summed E-state index contributed by atoms with van der Waals surface area (Å²) in [6.45, 7) is 4.14. The van der Waals surface area contributed by atoms with E-state index >= 15 is 0 Å². The summed E-state index contributed by atoms with van der Waals surface area (Å²) in [7, 11) is 1.59. The van der Waals surface area contributed by atoms with E-state index in [1.54, 1.807) is 34.9 Å². The molecule has 4 rings (SSSR count). The maximum absolute atomic E-state index is 12.8. The third-order valence-electron chi connectivity index (χ3n) is 5.01. The molecule has 0 bridgehead atoms. The van der Waals surface area contributed by atoms with Gasteiger partial charge in [0.25, 0.3) is 0 Å². The average Bonchev–Trinajstić information content (AvgIpc) is 3.30. The van der Waals surface area contributed by atoms with Crippen molar-refractivity contribution in [2.45, 2.75) is 20.3 Å². The zero-order valence-corrected chi connectivity index (χ0v) is 17.0. The molecule has 1 unspecified atom stereocenters. The van der Waals surface area contributed by atoms with Gasteiger partial charge in [0.15, 0.2) is 5.82 Å². The van der Waals surface area contributed by atoms with Crippen molar-refractivity contribution in [3.05, 3.63) is 54.1 Å². The summed E-state index contributed by atoms with van der Waals surface area (Å²) < 4.78 is 6.84. The first-order valence-corrected chi connectivity index (χ1v) is 9.55. The second kappa shape index (κ2) is 7.94. The zero-order chi connectivity index (χ0) is 21.3. The molecule has 1 aliphatic rings. The highest BCUT2D eigenvalue weighted by molar-refractivity contribution is 6.03.